The molecule has 0 aliphatic carbocycles. The van der Waals surface area contributed by atoms with Gasteiger partial charge in [-0.05, 0) is 29.8 Å². The molecular formula is C15H10F2N2O. The molecule has 0 aliphatic heterocycles. The topological polar surface area (TPSA) is 45.4 Å². The van der Waals surface area contributed by atoms with Gasteiger partial charge in [0.05, 0.1) is 23.4 Å². The standard InChI is InChI=1S/C15H10F2N2O/c16-14-5-2-6-15(17)13(14)10-20-19-9-12-4-1-3-11(7-12)8-18/h1-7,9H,10H2. The van der Waals surface area contributed by atoms with Gasteiger partial charge in [0.15, 0.2) is 0 Å². The van der Waals surface area contributed by atoms with Gasteiger partial charge >= 0.3 is 0 Å². The van der Waals surface area contributed by atoms with Crippen LogP contribution in [-0.4, -0.2) is 6.21 Å². The van der Waals surface area contributed by atoms with E-state index in [9.17, 15) is 8.78 Å². The first-order chi connectivity index (χ1) is 9.70. The lowest BCUT2D eigenvalue weighted by Gasteiger charge is -2.02. The van der Waals surface area contributed by atoms with Crippen molar-refractivity contribution in [1.82, 2.24) is 0 Å². The second-order valence-electron chi connectivity index (χ2n) is 3.95. The fourth-order valence-electron chi connectivity index (χ4n) is 1.56. The van der Waals surface area contributed by atoms with Gasteiger partial charge in [-0.3, -0.25) is 0 Å². The molecule has 2 rings (SSSR count). The Bertz CT molecular complexity index is 658. The van der Waals surface area contributed by atoms with Gasteiger partial charge in [-0.15, -0.1) is 0 Å². The van der Waals surface area contributed by atoms with E-state index >= 15 is 0 Å². The summed E-state index contributed by atoms with van der Waals surface area (Å²) in [4.78, 5) is 4.87. The van der Waals surface area contributed by atoms with Gasteiger partial charge in [-0.1, -0.05) is 23.4 Å². The number of benzene rings is 2. The molecule has 0 heterocycles. The summed E-state index contributed by atoms with van der Waals surface area (Å²) >= 11 is 0. The van der Waals surface area contributed by atoms with Crippen molar-refractivity contribution in [3.63, 3.8) is 0 Å². The van der Waals surface area contributed by atoms with Crippen LogP contribution in [0.4, 0.5) is 8.78 Å². The second kappa shape index (κ2) is 6.43. The van der Waals surface area contributed by atoms with Crippen LogP contribution >= 0.6 is 0 Å². The molecule has 20 heavy (non-hydrogen) atoms. The Balaban J connectivity index is 1.99. The fraction of sp³-hybridized carbons (Fsp3) is 0.0667. The lowest BCUT2D eigenvalue weighted by Crippen LogP contribution is -1.96. The monoisotopic (exact) mass is 272 g/mol. The summed E-state index contributed by atoms with van der Waals surface area (Å²) in [7, 11) is 0. The Labute approximate surface area is 114 Å². The molecule has 0 aliphatic rings. The molecule has 100 valence electrons. The smallest absolute Gasteiger partial charge is 0.147 e. The van der Waals surface area contributed by atoms with E-state index in [1.807, 2.05) is 6.07 Å². The fourth-order valence-corrected chi connectivity index (χ4v) is 1.56. The zero-order valence-electron chi connectivity index (χ0n) is 10.4. The van der Waals surface area contributed by atoms with Crippen LogP contribution in [0, 0.1) is 23.0 Å². The van der Waals surface area contributed by atoms with E-state index in [-0.39, 0.29) is 12.2 Å². The molecule has 0 unspecified atom stereocenters. The number of hydrogen-bond acceptors (Lipinski definition) is 3. The van der Waals surface area contributed by atoms with E-state index in [4.69, 9.17) is 10.1 Å². The van der Waals surface area contributed by atoms with Gasteiger partial charge < -0.3 is 4.84 Å². The number of hydrogen-bond donors (Lipinski definition) is 0. The lowest BCUT2D eigenvalue weighted by molar-refractivity contribution is 0.126. The number of halogens is 2. The minimum Gasteiger partial charge on any atom is -0.391 e. The molecule has 0 aromatic heterocycles. The largest absolute Gasteiger partial charge is 0.391 e. The molecule has 0 fully saturated rings. The van der Waals surface area contributed by atoms with E-state index in [2.05, 4.69) is 5.16 Å². The predicted octanol–water partition coefficient (Wildman–Crippen LogP) is 3.39. The van der Waals surface area contributed by atoms with Gasteiger partial charge in [0.25, 0.3) is 0 Å². The normalized spacial score (nSPS) is 10.4. The van der Waals surface area contributed by atoms with E-state index in [1.54, 1.807) is 24.3 Å². The third-order valence-electron chi connectivity index (χ3n) is 2.56. The van der Waals surface area contributed by atoms with Crippen LogP contribution in [0.15, 0.2) is 47.6 Å². The molecule has 0 radical (unpaired) electrons. The van der Waals surface area contributed by atoms with Gasteiger partial charge in [0.1, 0.15) is 18.2 Å². The zero-order valence-corrected chi connectivity index (χ0v) is 10.4. The highest BCUT2D eigenvalue weighted by Crippen LogP contribution is 2.13. The molecule has 0 atom stereocenters. The summed E-state index contributed by atoms with van der Waals surface area (Å²) < 4.78 is 26.6. The highest BCUT2D eigenvalue weighted by Gasteiger charge is 2.07. The maximum absolute atomic E-state index is 13.3. The molecular weight excluding hydrogens is 262 g/mol. The zero-order chi connectivity index (χ0) is 14.4. The lowest BCUT2D eigenvalue weighted by atomic mass is 10.1. The summed E-state index contributed by atoms with van der Waals surface area (Å²) in [5.41, 5.74) is 0.988. The molecule has 0 amide bonds. The van der Waals surface area contributed by atoms with Crippen LogP contribution in [0.5, 0.6) is 0 Å². The van der Waals surface area contributed by atoms with Crippen LogP contribution in [0.3, 0.4) is 0 Å². The molecule has 0 spiro atoms. The SMILES string of the molecule is N#Cc1cccc(C=NOCc2c(F)cccc2F)c1. The molecule has 2 aromatic carbocycles. The van der Waals surface area contributed by atoms with Gasteiger partial charge in [0.2, 0.25) is 0 Å². The highest BCUT2D eigenvalue weighted by molar-refractivity contribution is 5.79. The summed E-state index contributed by atoms with van der Waals surface area (Å²) in [5.74, 6) is -1.35. The van der Waals surface area contributed by atoms with Crippen molar-refractivity contribution in [2.75, 3.05) is 0 Å². The van der Waals surface area contributed by atoms with Crippen LogP contribution in [0.1, 0.15) is 16.7 Å². The number of rotatable bonds is 4. The van der Waals surface area contributed by atoms with Crippen molar-refractivity contribution in [2.45, 2.75) is 6.61 Å². The van der Waals surface area contributed by atoms with Crippen molar-refractivity contribution in [1.29, 1.82) is 5.26 Å². The van der Waals surface area contributed by atoms with Crippen molar-refractivity contribution < 1.29 is 13.6 Å². The molecule has 2 aromatic rings. The summed E-state index contributed by atoms with van der Waals surface area (Å²) in [5, 5.41) is 12.4. The Morgan fingerprint density at radius 1 is 1.15 bits per heavy atom. The maximum Gasteiger partial charge on any atom is 0.147 e. The third-order valence-corrected chi connectivity index (χ3v) is 2.56. The van der Waals surface area contributed by atoms with Crippen LogP contribution in [0.2, 0.25) is 0 Å². The van der Waals surface area contributed by atoms with Crippen molar-refractivity contribution in [3.05, 3.63) is 70.8 Å². The minimum absolute atomic E-state index is 0.171. The van der Waals surface area contributed by atoms with Crippen molar-refractivity contribution >= 4 is 6.21 Å². The predicted molar refractivity (Wildman–Crippen MR) is 69.9 cm³/mol. The highest BCUT2D eigenvalue weighted by atomic mass is 19.1. The first-order valence-electron chi connectivity index (χ1n) is 5.79. The quantitative estimate of drug-likeness (QED) is 0.632. The van der Waals surface area contributed by atoms with Gasteiger partial charge in [-0.25, -0.2) is 8.78 Å². The molecule has 3 nitrogen and oxygen atoms in total. The Kier molecular flexibility index (Phi) is 4.40. The van der Waals surface area contributed by atoms with Gasteiger partial charge in [0, 0.05) is 0 Å². The van der Waals surface area contributed by atoms with E-state index in [0.717, 1.165) is 12.1 Å². The molecule has 0 bridgehead atoms. The minimum atomic E-state index is -0.674. The molecule has 0 saturated carbocycles. The molecule has 5 heteroatoms. The summed E-state index contributed by atoms with van der Waals surface area (Å²) in [6.07, 6.45) is 1.37. The van der Waals surface area contributed by atoms with Crippen molar-refractivity contribution in [3.8, 4) is 6.07 Å². The maximum atomic E-state index is 13.3. The number of nitrogens with zero attached hydrogens (tertiary/aromatic N) is 2. The Morgan fingerprint density at radius 3 is 2.55 bits per heavy atom. The molecule has 0 N–H and O–H groups in total. The first kappa shape index (κ1) is 13.7. The van der Waals surface area contributed by atoms with E-state index in [0.29, 0.717) is 11.1 Å². The van der Waals surface area contributed by atoms with Crippen LogP contribution in [-0.2, 0) is 11.4 Å². The number of nitriles is 1. The van der Waals surface area contributed by atoms with Crippen LogP contribution < -0.4 is 0 Å². The first-order valence-corrected chi connectivity index (χ1v) is 5.79. The van der Waals surface area contributed by atoms with Crippen LogP contribution in [0.25, 0.3) is 0 Å². The number of oxime groups is 1. The summed E-state index contributed by atoms with van der Waals surface area (Å²) in [6, 6.07) is 12.3. The average molecular weight is 272 g/mol. The van der Waals surface area contributed by atoms with E-state index in [1.165, 1.54) is 12.3 Å². The summed E-state index contributed by atoms with van der Waals surface area (Å²) in [6.45, 7) is -0.299. The average Bonchev–Trinajstić information content (AvgIpc) is 2.46. The molecule has 0 saturated heterocycles. The van der Waals surface area contributed by atoms with Gasteiger partial charge in [-0.2, -0.15) is 5.26 Å². The second-order valence-corrected chi connectivity index (χ2v) is 3.95. The van der Waals surface area contributed by atoms with Crippen molar-refractivity contribution in [2.24, 2.45) is 5.16 Å². The Morgan fingerprint density at radius 2 is 1.85 bits per heavy atom. The Hall–Kier alpha value is -2.74. The van der Waals surface area contributed by atoms with E-state index < -0.39 is 11.6 Å². The third kappa shape index (κ3) is 3.39.